The van der Waals surface area contributed by atoms with Crippen LogP contribution in [-0.2, 0) is 14.3 Å². The lowest BCUT2D eigenvalue weighted by Crippen LogP contribution is -2.28. The van der Waals surface area contributed by atoms with Crippen LogP contribution in [0.3, 0.4) is 0 Å². The zero-order valence-corrected chi connectivity index (χ0v) is 15.8. The van der Waals surface area contributed by atoms with Gasteiger partial charge in [0.25, 0.3) is 5.91 Å². The van der Waals surface area contributed by atoms with Crippen LogP contribution < -0.4 is 10.2 Å². The first-order valence-corrected chi connectivity index (χ1v) is 8.79. The Balaban J connectivity index is 1.83. The molecule has 2 aromatic rings. The average Bonchev–Trinajstić information content (AvgIpc) is 2.71. The van der Waals surface area contributed by atoms with Gasteiger partial charge in [-0.2, -0.15) is 5.10 Å². The van der Waals surface area contributed by atoms with Gasteiger partial charge in [-0.05, 0) is 44.0 Å². The molecule has 0 fully saturated rings. The third-order valence-electron chi connectivity index (χ3n) is 3.96. The van der Waals surface area contributed by atoms with Gasteiger partial charge in [0.05, 0.1) is 12.5 Å². The number of hydrogen-bond donors (Lipinski definition) is 1. The monoisotopic (exact) mass is 368 g/mol. The predicted octanol–water partition coefficient (Wildman–Crippen LogP) is 3.42. The van der Waals surface area contributed by atoms with Crippen molar-refractivity contribution >= 4 is 17.6 Å². The van der Waals surface area contributed by atoms with Crippen molar-refractivity contribution in [1.29, 1.82) is 0 Å². The maximum atomic E-state index is 11.9. The number of amides is 1. The van der Waals surface area contributed by atoms with Crippen molar-refractivity contribution in [1.82, 2.24) is 5.43 Å². The highest BCUT2D eigenvalue weighted by Gasteiger charge is 2.17. The highest BCUT2D eigenvalue weighted by Crippen LogP contribution is 2.21. The molecule has 0 bridgehead atoms. The molecule has 0 aromatic heterocycles. The number of nitrogens with one attached hydrogen (secondary N) is 1. The van der Waals surface area contributed by atoms with Crippen molar-refractivity contribution in [3.8, 4) is 16.9 Å². The molecule has 6 heteroatoms. The number of benzene rings is 2. The summed E-state index contributed by atoms with van der Waals surface area (Å²) in [6, 6.07) is 17.5. The van der Waals surface area contributed by atoms with Gasteiger partial charge in [-0.1, -0.05) is 42.5 Å². The molecule has 0 saturated carbocycles. The minimum absolute atomic E-state index is 0.171. The van der Waals surface area contributed by atoms with Crippen molar-refractivity contribution < 1.29 is 19.1 Å². The molecule has 1 atom stereocenters. The van der Waals surface area contributed by atoms with Crippen LogP contribution >= 0.6 is 0 Å². The van der Waals surface area contributed by atoms with E-state index >= 15 is 0 Å². The van der Waals surface area contributed by atoms with E-state index in [2.05, 4.69) is 10.5 Å². The Morgan fingerprint density at radius 1 is 1.04 bits per heavy atom. The number of esters is 1. The van der Waals surface area contributed by atoms with E-state index in [4.69, 9.17) is 9.47 Å². The third kappa shape index (κ3) is 6.26. The lowest BCUT2D eigenvalue weighted by atomic mass is 10.1. The third-order valence-corrected chi connectivity index (χ3v) is 3.96. The van der Waals surface area contributed by atoms with Gasteiger partial charge in [0.1, 0.15) is 5.75 Å². The molecular formula is C21H24N2O4. The van der Waals surface area contributed by atoms with Crippen molar-refractivity contribution in [3.05, 3.63) is 54.6 Å². The maximum absolute atomic E-state index is 11.9. The molecule has 2 rings (SSSR count). The minimum Gasteiger partial charge on any atom is -0.484 e. The number of nitrogens with zero attached hydrogens (tertiary/aromatic N) is 1. The standard InChI is InChI=1S/C21H24N2O4/c1-4-26-21(25)15(2)16(3)22-23-20(24)14-27-19-12-10-18(11-13-19)17-8-6-5-7-9-17/h5-13,15H,4,14H2,1-3H3,(H,23,24). The molecule has 142 valence electrons. The lowest BCUT2D eigenvalue weighted by Gasteiger charge is -2.10. The van der Waals surface area contributed by atoms with E-state index in [1.165, 1.54) is 0 Å². The Bertz CT molecular complexity index is 786. The highest BCUT2D eigenvalue weighted by atomic mass is 16.5. The zero-order chi connectivity index (χ0) is 19.6. The zero-order valence-electron chi connectivity index (χ0n) is 15.8. The van der Waals surface area contributed by atoms with Crippen LogP contribution in [0.15, 0.2) is 59.7 Å². The average molecular weight is 368 g/mol. The fourth-order valence-corrected chi connectivity index (χ4v) is 2.24. The van der Waals surface area contributed by atoms with Crippen LogP contribution in [-0.4, -0.2) is 30.8 Å². The number of hydrogen-bond acceptors (Lipinski definition) is 5. The molecule has 1 unspecified atom stereocenters. The Kier molecular flexibility index (Phi) is 7.55. The van der Waals surface area contributed by atoms with Crippen molar-refractivity contribution in [2.45, 2.75) is 20.8 Å². The summed E-state index contributed by atoms with van der Waals surface area (Å²) in [5.74, 6) is -0.706. The van der Waals surface area contributed by atoms with E-state index in [0.29, 0.717) is 18.1 Å². The quantitative estimate of drug-likeness (QED) is 0.440. The van der Waals surface area contributed by atoms with Gasteiger partial charge in [-0.3, -0.25) is 9.59 Å². The van der Waals surface area contributed by atoms with Crippen LogP contribution in [0.25, 0.3) is 11.1 Å². The fraction of sp³-hybridized carbons (Fsp3) is 0.286. The number of carbonyl (C=O) groups excluding carboxylic acids is 2. The van der Waals surface area contributed by atoms with Crippen LogP contribution in [0.2, 0.25) is 0 Å². The summed E-state index contributed by atoms with van der Waals surface area (Å²) in [6.07, 6.45) is 0. The van der Waals surface area contributed by atoms with E-state index in [1.807, 2.05) is 54.6 Å². The highest BCUT2D eigenvalue weighted by molar-refractivity contribution is 6.00. The van der Waals surface area contributed by atoms with Gasteiger partial charge in [0.2, 0.25) is 0 Å². The number of rotatable bonds is 8. The normalized spacial score (nSPS) is 12.2. The van der Waals surface area contributed by atoms with Gasteiger partial charge in [-0.15, -0.1) is 0 Å². The van der Waals surface area contributed by atoms with Gasteiger partial charge in [0, 0.05) is 5.71 Å². The molecule has 1 amide bonds. The molecule has 0 radical (unpaired) electrons. The first-order valence-electron chi connectivity index (χ1n) is 8.79. The van der Waals surface area contributed by atoms with E-state index in [9.17, 15) is 9.59 Å². The molecule has 0 saturated heterocycles. The Hall–Kier alpha value is -3.15. The molecule has 1 N–H and O–H groups in total. The van der Waals surface area contributed by atoms with Gasteiger partial charge in [-0.25, -0.2) is 5.43 Å². The Labute approximate surface area is 159 Å². The summed E-state index contributed by atoms with van der Waals surface area (Å²) in [7, 11) is 0. The van der Waals surface area contributed by atoms with Crippen LogP contribution in [0.4, 0.5) is 0 Å². The van der Waals surface area contributed by atoms with Gasteiger partial charge >= 0.3 is 5.97 Å². The molecule has 0 aliphatic rings. The van der Waals surface area contributed by atoms with Gasteiger partial charge in [0.15, 0.2) is 6.61 Å². The SMILES string of the molecule is CCOC(=O)C(C)C(C)=NNC(=O)COc1ccc(-c2ccccc2)cc1. The summed E-state index contributed by atoms with van der Waals surface area (Å²) >= 11 is 0. The molecular weight excluding hydrogens is 344 g/mol. The second kappa shape index (κ2) is 10.1. The number of carbonyl (C=O) groups is 2. The smallest absolute Gasteiger partial charge is 0.314 e. The van der Waals surface area contributed by atoms with Crippen molar-refractivity contribution in [2.75, 3.05) is 13.2 Å². The second-order valence-corrected chi connectivity index (χ2v) is 5.94. The van der Waals surface area contributed by atoms with Gasteiger partial charge < -0.3 is 9.47 Å². The Morgan fingerprint density at radius 2 is 1.67 bits per heavy atom. The molecule has 6 nitrogen and oxygen atoms in total. The molecule has 0 heterocycles. The summed E-state index contributed by atoms with van der Waals surface area (Å²) in [5.41, 5.74) is 5.03. The summed E-state index contributed by atoms with van der Waals surface area (Å²) in [4.78, 5) is 23.5. The van der Waals surface area contributed by atoms with E-state index in [0.717, 1.165) is 11.1 Å². The van der Waals surface area contributed by atoms with Crippen LogP contribution in [0, 0.1) is 5.92 Å². The summed E-state index contributed by atoms with van der Waals surface area (Å²) in [6.45, 7) is 5.20. The number of hydrazone groups is 1. The largest absolute Gasteiger partial charge is 0.484 e. The maximum Gasteiger partial charge on any atom is 0.314 e. The topological polar surface area (TPSA) is 77.0 Å². The van der Waals surface area contributed by atoms with Crippen LogP contribution in [0.1, 0.15) is 20.8 Å². The Morgan fingerprint density at radius 3 is 2.30 bits per heavy atom. The number of ether oxygens (including phenoxy) is 2. The molecule has 27 heavy (non-hydrogen) atoms. The molecule has 2 aromatic carbocycles. The van der Waals surface area contributed by atoms with Crippen molar-refractivity contribution in [3.63, 3.8) is 0 Å². The van der Waals surface area contributed by atoms with E-state index < -0.39 is 11.8 Å². The van der Waals surface area contributed by atoms with E-state index in [1.54, 1.807) is 20.8 Å². The van der Waals surface area contributed by atoms with E-state index in [-0.39, 0.29) is 12.6 Å². The van der Waals surface area contributed by atoms with Crippen LogP contribution in [0.5, 0.6) is 5.75 Å². The first-order chi connectivity index (χ1) is 13.0. The lowest BCUT2D eigenvalue weighted by molar-refractivity contribution is -0.145. The molecule has 0 aliphatic carbocycles. The second-order valence-electron chi connectivity index (χ2n) is 5.94. The summed E-state index contributed by atoms with van der Waals surface area (Å²) in [5, 5.41) is 3.93. The molecule has 0 aliphatic heterocycles. The van der Waals surface area contributed by atoms with Crippen molar-refractivity contribution in [2.24, 2.45) is 11.0 Å². The summed E-state index contributed by atoms with van der Waals surface area (Å²) < 4.78 is 10.4. The predicted molar refractivity (Wildman–Crippen MR) is 104 cm³/mol. The molecule has 0 spiro atoms. The fourth-order valence-electron chi connectivity index (χ4n) is 2.24. The minimum atomic E-state index is -0.517. The first kappa shape index (κ1) is 20.2.